The molecule has 1 fully saturated rings. The molecule has 0 unspecified atom stereocenters. The van der Waals surface area contributed by atoms with Gasteiger partial charge in [0.2, 0.25) is 5.95 Å². The van der Waals surface area contributed by atoms with Crippen LogP contribution in [0.1, 0.15) is 42.5 Å². The van der Waals surface area contributed by atoms with Crippen LogP contribution in [0.3, 0.4) is 0 Å². The van der Waals surface area contributed by atoms with Gasteiger partial charge in [-0.15, -0.1) is 0 Å². The summed E-state index contributed by atoms with van der Waals surface area (Å²) in [6, 6.07) is 9.62. The van der Waals surface area contributed by atoms with Crippen LogP contribution in [0.4, 0.5) is 16.2 Å². The third-order valence-electron chi connectivity index (χ3n) is 6.83. The van der Waals surface area contributed by atoms with Crippen LogP contribution in [-0.2, 0) is 0 Å². The summed E-state index contributed by atoms with van der Waals surface area (Å²) in [5.41, 5.74) is 3.12. The average molecular weight is 503 g/mol. The van der Waals surface area contributed by atoms with Crippen LogP contribution in [0.5, 0.6) is 0 Å². The van der Waals surface area contributed by atoms with Crippen molar-refractivity contribution in [2.75, 3.05) is 32.5 Å². The molecule has 5 rings (SSSR count). The highest BCUT2D eigenvalue weighted by atomic mass is 19.1. The van der Waals surface area contributed by atoms with E-state index in [2.05, 4.69) is 48.6 Å². The number of imidazole rings is 1. The van der Waals surface area contributed by atoms with Crippen LogP contribution in [0, 0.1) is 12.7 Å². The first-order valence-electron chi connectivity index (χ1n) is 12.4. The van der Waals surface area contributed by atoms with E-state index in [9.17, 15) is 9.18 Å². The normalized spacial score (nSPS) is 15.8. The molecule has 0 radical (unpaired) electrons. The molecule has 1 aliphatic rings. The van der Waals surface area contributed by atoms with Crippen LogP contribution in [0.25, 0.3) is 22.3 Å². The second-order valence-corrected chi connectivity index (χ2v) is 9.93. The number of carbonyl (C=O) groups is 1. The molecular weight excluding hydrogens is 471 g/mol. The van der Waals surface area contributed by atoms with Gasteiger partial charge in [-0.05, 0) is 65.6 Å². The molecule has 1 aliphatic heterocycles. The lowest BCUT2D eigenvalue weighted by Crippen LogP contribution is -2.34. The van der Waals surface area contributed by atoms with Crippen LogP contribution in [0.2, 0.25) is 0 Å². The Morgan fingerprint density at radius 1 is 1.14 bits per heavy atom. The maximum atomic E-state index is 14.8. The summed E-state index contributed by atoms with van der Waals surface area (Å²) in [5, 5.41) is 3.02. The zero-order valence-corrected chi connectivity index (χ0v) is 21.7. The van der Waals surface area contributed by atoms with Crippen LogP contribution in [-0.4, -0.2) is 73.4 Å². The number of nitrogens with one attached hydrogen (secondary N) is 1. The van der Waals surface area contributed by atoms with Gasteiger partial charge in [-0.2, -0.15) is 0 Å². The molecule has 192 valence electrons. The van der Waals surface area contributed by atoms with Gasteiger partial charge in [-0.3, -0.25) is 4.79 Å². The van der Waals surface area contributed by atoms with Crippen molar-refractivity contribution >= 4 is 28.7 Å². The van der Waals surface area contributed by atoms with E-state index in [0.717, 1.165) is 36.0 Å². The molecule has 4 heterocycles. The maximum Gasteiger partial charge on any atom is 0.255 e. The SMILES string of the molecule is Cc1nc2ccc(-c3nc(Nc4ccc(C(=O)N5CC[C@H](N(C)C)C5)cn4)ncc3F)cc2n1C(C)C. The Morgan fingerprint density at radius 3 is 2.62 bits per heavy atom. The van der Waals surface area contributed by atoms with Crippen molar-refractivity contribution in [3.8, 4) is 11.3 Å². The van der Waals surface area contributed by atoms with Gasteiger partial charge in [0, 0.05) is 36.9 Å². The molecule has 0 saturated carbocycles. The summed E-state index contributed by atoms with van der Waals surface area (Å²) >= 11 is 0. The number of likely N-dealkylation sites (tertiary alicyclic amines) is 1. The molecule has 9 nitrogen and oxygen atoms in total. The number of fused-ring (bicyclic) bond motifs is 1. The number of amides is 1. The van der Waals surface area contributed by atoms with Crippen LogP contribution < -0.4 is 5.32 Å². The molecule has 0 bridgehead atoms. The molecule has 10 heteroatoms. The van der Waals surface area contributed by atoms with Gasteiger partial charge in [0.15, 0.2) is 5.82 Å². The Kier molecular flexibility index (Phi) is 6.59. The summed E-state index contributed by atoms with van der Waals surface area (Å²) in [5.74, 6) is 1.03. The molecule has 4 aromatic rings. The van der Waals surface area contributed by atoms with Crippen molar-refractivity contribution in [2.45, 2.75) is 39.3 Å². The molecule has 37 heavy (non-hydrogen) atoms. The molecule has 1 amide bonds. The van der Waals surface area contributed by atoms with Crippen molar-refractivity contribution in [1.29, 1.82) is 0 Å². The molecule has 1 N–H and O–H groups in total. The van der Waals surface area contributed by atoms with E-state index < -0.39 is 5.82 Å². The third kappa shape index (κ3) is 4.89. The van der Waals surface area contributed by atoms with E-state index in [0.29, 0.717) is 29.5 Å². The number of nitrogens with zero attached hydrogens (tertiary/aromatic N) is 7. The highest BCUT2D eigenvalue weighted by Crippen LogP contribution is 2.28. The highest BCUT2D eigenvalue weighted by molar-refractivity contribution is 5.94. The van der Waals surface area contributed by atoms with Crippen molar-refractivity contribution in [3.63, 3.8) is 0 Å². The van der Waals surface area contributed by atoms with E-state index >= 15 is 0 Å². The monoisotopic (exact) mass is 502 g/mol. The number of hydrogen-bond acceptors (Lipinski definition) is 7. The minimum atomic E-state index is -0.521. The number of aryl methyl sites for hydroxylation is 1. The third-order valence-corrected chi connectivity index (χ3v) is 6.83. The second kappa shape index (κ2) is 9.85. The molecule has 0 spiro atoms. The first-order valence-corrected chi connectivity index (χ1v) is 12.4. The van der Waals surface area contributed by atoms with Crippen LogP contribution in [0.15, 0.2) is 42.7 Å². The summed E-state index contributed by atoms with van der Waals surface area (Å²) < 4.78 is 16.9. The van der Waals surface area contributed by atoms with E-state index in [4.69, 9.17) is 0 Å². The Morgan fingerprint density at radius 2 is 1.95 bits per heavy atom. The number of pyridine rings is 1. The second-order valence-electron chi connectivity index (χ2n) is 9.93. The van der Waals surface area contributed by atoms with E-state index in [-0.39, 0.29) is 23.6 Å². The lowest BCUT2D eigenvalue weighted by atomic mass is 10.1. The van der Waals surface area contributed by atoms with Gasteiger partial charge in [0.05, 0.1) is 22.8 Å². The maximum absolute atomic E-state index is 14.8. The Balaban J connectivity index is 1.35. The summed E-state index contributed by atoms with van der Waals surface area (Å²) in [4.78, 5) is 34.3. The van der Waals surface area contributed by atoms with Crippen molar-refractivity contribution < 1.29 is 9.18 Å². The van der Waals surface area contributed by atoms with Crippen molar-refractivity contribution in [2.24, 2.45) is 0 Å². The van der Waals surface area contributed by atoms with Gasteiger partial charge >= 0.3 is 0 Å². The number of rotatable bonds is 6. The van der Waals surface area contributed by atoms with Gasteiger partial charge in [0.25, 0.3) is 5.91 Å². The van der Waals surface area contributed by atoms with E-state index in [1.54, 1.807) is 18.3 Å². The van der Waals surface area contributed by atoms with Gasteiger partial charge in [0.1, 0.15) is 17.3 Å². The quantitative estimate of drug-likeness (QED) is 0.417. The largest absolute Gasteiger partial charge is 0.337 e. The molecule has 1 aromatic carbocycles. The molecule has 3 aromatic heterocycles. The first-order chi connectivity index (χ1) is 17.7. The number of carbonyl (C=O) groups excluding carboxylic acids is 1. The molecular formula is C27H31FN8O. The standard InChI is InChI=1S/C27H31FN8O/c1-16(2)36-17(3)31-22-8-6-18(12-23(22)36)25-21(28)14-30-27(33-25)32-24-9-7-19(13-29-24)26(37)35-11-10-20(15-35)34(4)5/h6-9,12-14,16,20H,10-11,15H2,1-5H3,(H,29,30,32,33)/t20-/m0/s1. The molecule has 1 saturated heterocycles. The van der Waals surface area contributed by atoms with Crippen molar-refractivity contribution in [3.05, 3.63) is 59.9 Å². The lowest BCUT2D eigenvalue weighted by molar-refractivity contribution is 0.0782. The van der Waals surface area contributed by atoms with Gasteiger partial charge < -0.3 is 19.7 Å². The fraction of sp³-hybridized carbons (Fsp3) is 0.370. The molecule has 1 atom stereocenters. The van der Waals surface area contributed by atoms with Crippen LogP contribution >= 0.6 is 0 Å². The summed E-state index contributed by atoms with van der Waals surface area (Å²) in [6.07, 6.45) is 3.65. The summed E-state index contributed by atoms with van der Waals surface area (Å²) in [6.45, 7) is 7.58. The zero-order valence-electron chi connectivity index (χ0n) is 21.7. The Labute approximate surface area is 215 Å². The zero-order chi connectivity index (χ0) is 26.3. The highest BCUT2D eigenvalue weighted by Gasteiger charge is 2.28. The molecule has 0 aliphatic carbocycles. The minimum Gasteiger partial charge on any atom is -0.337 e. The predicted molar refractivity (Wildman–Crippen MR) is 141 cm³/mol. The number of anilines is 2. The fourth-order valence-corrected chi connectivity index (χ4v) is 4.88. The van der Waals surface area contributed by atoms with Gasteiger partial charge in [-0.1, -0.05) is 6.07 Å². The number of likely N-dealkylation sites (N-methyl/N-ethyl adjacent to an activating group) is 1. The fourth-order valence-electron chi connectivity index (χ4n) is 4.88. The number of halogens is 1. The smallest absolute Gasteiger partial charge is 0.255 e. The number of aromatic nitrogens is 5. The van der Waals surface area contributed by atoms with Crippen molar-refractivity contribution in [1.82, 2.24) is 34.3 Å². The minimum absolute atomic E-state index is 0.0324. The Bertz CT molecular complexity index is 1450. The van der Waals surface area contributed by atoms with E-state index in [1.165, 1.54) is 0 Å². The first kappa shape index (κ1) is 24.8. The Hall–Kier alpha value is -3.92. The lowest BCUT2D eigenvalue weighted by Gasteiger charge is -2.20. The average Bonchev–Trinajstić information content (AvgIpc) is 3.49. The topological polar surface area (TPSA) is 92.1 Å². The predicted octanol–water partition coefficient (Wildman–Crippen LogP) is 4.44. The van der Waals surface area contributed by atoms with E-state index in [1.807, 2.05) is 44.1 Å². The van der Waals surface area contributed by atoms with Gasteiger partial charge in [-0.25, -0.2) is 24.3 Å². The summed E-state index contributed by atoms with van der Waals surface area (Å²) in [7, 11) is 4.06. The number of hydrogen-bond donors (Lipinski definition) is 1. The number of benzene rings is 1.